The Morgan fingerprint density at radius 2 is 2.00 bits per heavy atom. The van der Waals surface area contributed by atoms with Crippen molar-refractivity contribution in [1.29, 1.82) is 0 Å². The van der Waals surface area contributed by atoms with Crippen molar-refractivity contribution in [3.63, 3.8) is 0 Å². The average molecular weight is 577 g/mol. The summed E-state index contributed by atoms with van der Waals surface area (Å²) in [4.78, 5) is 6.59. The van der Waals surface area contributed by atoms with Crippen molar-refractivity contribution in [3.05, 3.63) is 28.2 Å². The normalized spacial score (nSPS) is 15.9. The number of morpholine rings is 1. The van der Waals surface area contributed by atoms with Crippen LogP contribution in [0.4, 0.5) is 8.78 Å². The van der Waals surface area contributed by atoms with Crippen LogP contribution in [0.1, 0.15) is 19.4 Å². The molecule has 1 aliphatic rings. The SMILES string of the molecule is CN=C(NCc1cc(Br)ccc1OC(F)F)NCC(C)(C)N1CCOCC1.I. The van der Waals surface area contributed by atoms with Gasteiger partial charge >= 0.3 is 6.61 Å². The molecule has 1 aromatic rings. The predicted octanol–water partition coefficient (Wildman–Crippen LogP) is 3.44. The van der Waals surface area contributed by atoms with E-state index in [1.807, 2.05) is 0 Å². The lowest BCUT2D eigenvalue weighted by atomic mass is 10.0. The molecular weight excluding hydrogens is 549 g/mol. The molecule has 1 fully saturated rings. The van der Waals surface area contributed by atoms with Gasteiger partial charge in [-0.2, -0.15) is 8.78 Å². The Bertz CT molecular complexity index is 644. The van der Waals surface area contributed by atoms with Crippen molar-refractivity contribution in [2.24, 2.45) is 4.99 Å². The summed E-state index contributed by atoms with van der Waals surface area (Å²) in [7, 11) is 1.68. The van der Waals surface area contributed by atoms with Crippen molar-refractivity contribution in [1.82, 2.24) is 15.5 Å². The quantitative estimate of drug-likeness (QED) is 0.296. The van der Waals surface area contributed by atoms with Crippen molar-refractivity contribution < 1.29 is 18.3 Å². The lowest BCUT2D eigenvalue weighted by Gasteiger charge is -2.41. The number of aliphatic imine (C=N–C) groups is 1. The highest BCUT2D eigenvalue weighted by atomic mass is 127. The number of nitrogens with one attached hydrogen (secondary N) is 2. The van der Waals surface area contributed by atoms with E-state index in [1.54, 1.807) is 19.2 Å². The summed E-state index contributed by atoms with van der Waals surface area (Å²) in [6, 6.07) is 4.93. The van der Waals surface area contributed by atoms with Gasteiger partial charge in [0.05, 0.1) is 13.2 Å². The molecule has 6 nitrogen and oxygen atoms in total. The third-order valence-corrected chi connectivity index (χ3v) is 4.96. The molecule has 1 saturated heterocycles. The number of benzene rings is 1. The largest absolute Gasteiger partial charge is 0.434 e. The standard InChI is InChI=1S/C18H27BrF2N4O2.HI/c1-18(2,25-6-8-26-9-7-25)12-24-17(22-3)23-11-13-10-14(19)4-5-15(13)27-16(20)21;/h4-5,10,16H,6-9,11-12H2,1-3H3,(H2,22,23,24);1H. The molecule has 0 unspecified atom stereocenters. The highest BCUT2D eigenvalue weighted by Crippen LogP contribution is 2.24. The number of ether oxygens (including phenoxy) is 2. The zero-order valence-electron chi connectivity index (χ0n) is 16.3. The molecule has 0 saturated carbocycles. The van der Waals surface area contributed by atoms with Crippen LogP contribution in [0.5, 0.6) is 5.75 Å². The van der Waals surface area contributed by atoms with E-state index in [2.05, 4.69) is 55.0 Å². The molecule has 0 aromatic heterocycles. The summed E-state index contributed by atoms with van der Waals surface area (Å²) in [6.07, 6.45) is 0. The highest BCUT2D eigenvalue weighted by molar-refractivity contribution is 14.0. The molecule has 2 rings (SSSR count). The van der Waals surface area contributed by atoms with Gasteiger partial charge in [-0.25, -0.2) is 0 Å². The van der Waals surface area contributed by atoms with Gasteiger partial charge in [0.2, 0.25) is 0 Å². The second-order valence-electron chi connectivity index (χ2n) is 6.82. The predicted molar refractivity (Wildman–Crippen MR) is 121 cm³/mol. The number of rotatable bonds is 7. The van der Waals surface area contributed by atoms with Gasteiger partial charge in [-0.1, -0.05) is 15.9 Å². The molecule has 160 valence electrons. The van der Waals surface area contributed by atoms with Crippen molar-refractivity contribution >= 4 is 45.9 Å². The number of alkyl halides is 2. The first-order valence-electron chi connectivity index (χ1n) is 8.82. The zero-order chi connectivity index (χ0) is 19.9. The van der Waals surface area contributed by atoms with Crippen LogP contribution in [0.3, 0.4) is 0 Å². The van der Waals surface area contributed by atoms with E-state index < -0.39 is 6.61 Å². The first-order valence-corrected chi connectivity index (χ1v) is 9.61. The van der Waals surface area contributed by atoms with Gasteiger partial charge < -0.3 is 20.1 Å². The fourth-order valence-corrected chi connectivity index (χ4v) is 3.29. The Morgan fingerprint density at radius 1 is 1.32 bits per heavy atom. The van der Waals surface area contributed by atoms with E-state index in [1.165, 1.54) is 6.07 Å². The third kappa shape index (κ3) is 7.96. The molecular formula is C18H28BrF2IN4O2. The summed E-state index contributed by atoms with van der Waals surface area (Å²) in [5, 5.41) is 6.46. The number of guanidine groups is 1. The fraction of sp³-hybridized carbons (Fsp3) is 0.611. The molecule has 0 radical (unpaired) electrons. The Kier molecular flexibility index (Phi) is 10.9. The Balaban J connectivity index is 0.00000392. The first kappa shape index (κ1) is 25.3. The highest BCUT2D eigenvalue weighted by Gasteiger charge is 2.28. The molecule has 1 aromatic carbocycles. The molecule has 0 atom stereocenters. The van der Waals surface area contributed by atoms with Crippen molar-refractivity contribution in [2.45, 2.75) is 32.5 Å². The smallest absolute Gasteiger partial charge is 0.387 e. The van der Waals surface area contributed by atoms with Gasteiger partial charge in [0.25, 0.3) is 0 Å². The van der Waals surface area contributed by atoms with E-state index in [0.717, 1.165) is 30.8 Å². The molecule has 1 heterocycles. The van der Waals surface area contributed by atoms with Crippen molar-refractivity contribution in [2.75, 3.05) is 39.9 Å². The maximum absolute atomic E-state index is 12.6. The second kappa shape index (κ2) is 12.1. The Hall–Kier alpha value is -0.720. The number of halogens is 4. The van der Waals surface area contributed by atoms with Crippen LogP contribution in [0, 0.1) is 0 Å². The average Bonchev–Trinajstić information content (AvgIpc) is 2.64. The van der Waals surface area contributed by atoms with Crippen LogP contribution in [0.25, 0.3) is 0 Å². The summed E-state index contributed by atoms with van der Waals surface area (Å²) < 4.78 is 36.0. The summed E-state index contributed by atoms with van der Waals surface area (Å²) in [5.41, 5.74) is 0.543. The van der Waals surface area contributed by atoms with E-state index in [0.29, 0.717) is 24.6 Å². The summed E-state index contributed by atoms with van der Waals surface area (Å²) >= 11 is 3.36. The molecule has 0 spiro atoms. The molecule has 1 aliphatic heterocycles. The summed E-state index contributed by atoms with van der Waals surface area (Å²) in [6.45, 7) is 5.74. The van der Waals surface area contributed by atoms with Crippen LogP contribution in [0.15, 0.2) is 27.7 Å². The maximum Gasteiger partial charge on any atom is 0.387 e. The molecule has 28 heavy (non-hydrogen) atoms. The number of hydrogen-bond acceptors (Lipinski definition) is 4. The van der Waals surface area contributed by atoms with E-state index in [9.17, 15) is 8.78 Å². The van der Waals surface area contributed by atoms with E-state index >= 15 is 0 Å². The molecule has 2 N–H and O–H groups in total. The van der Waals surface area contributed by atoms with Crippen LogP contribution < -0.4 is 15.4 Å². The van der Waals surface area contributed by atoms with Gasteiger partial charge in [0.1, 0.15) is 5.75 Å². The molecule has 0 amide bonds. The van der Waals surface area contributed by atoms with Gasteiger partial charge in [-0.05, 0) is 32.0 Å². The monoisotopic (exact) mass is 576 g/mol. The van der Waals surface area contributed by atoms with Gasteiger partial charge in [0.15, 0.2) is 5.96 Å². The fourth-order valence-electron chi connectivity index (χ4n) is 2.88. The van der Waals surface area contributed by atoms with E-state index in [-0.39, 0.29) is 35.3 Å². The van der Waals surface area contributed by atoms with Crippen LogP contribution in [-0.2, 0) is 11.3 Å². The number of hydrogen-bond donors (Lipinski definition) is 2. The minimum atomic E-state index is -2.86. The lowest BCUT2D eigenvalue weighted by Crippen LogP contribution is -2.56. The first-order chi connectivity index (χ1) is 12.8. The minimum Gasteiger partial charge on any atom is -0.434 e. The van der Waals surface area contributed by atoms with Gasteiger partial charge in [0, 0.05) is 48.8 Å². The zero-order valence-corrected chi connectivity index (χ0v) is 20.2. The Labute approximate surface area is 190 Å². The van der Waals surface area contributed by atoms with Crippen molar-refractivity contribution in [3.8, 4) is 5.75 Å². The topological polar surface area (TPSA) is 58.1 Å². The molecule has 0 aliphatic carbocycles. The minimum absolute atomic E-state index is 0. The molecule has 10 heteroatoms. The second-order valence-corrected chi connectivity index (χ2v) is 7.74. The van der Waals surface area contributed by atoms with Gasteiger partial charge in [-0.3, -0.25) is 9.89 Å². The van der Waals surface area contributed by atoms with Crippen LogP contribution in [-0.4, -0.2) is 62.9 Å². The van der Waals surface area contributed by atoms with Crippen LogP contribution in [0.2, 0.25) is 0 Å². The van der Waals surface area contributed by atoms with Gasteiger partial charge in [-0.15, -0.1) is 24.0 Å². The molecule has 0 bridgehead atoms. The van der Waals surface area contributed by atoms with E-state index in [4.69, 9.17) is 4.74 Å². The Morgan fingerprint density at radius 3 is 2.61 bits per heavy atom. The third-order valence-electron chi connectivity index (χ3n) is 4.46. The lowest BCUT2D eigenvalue weighted by molar-refractivity contribution is -0.0504. The van der Waals surface area contributed by atoms with Crippen LogP contribution >= 0.6 is 39.9 Å². The number of nitrogens with zero attached hydrogens (tertiary/aromatic N) is 2. The maximum atomic E-state index is 12.6. The summed E-state index contributed by atoms with van der Waals surface area (Å²) in [5.74, 6) is 0.740.